The Bertz CT molecular complexity index is 1220. The highest BCUT2D eigenvalue weighted by Gasteiger charge is 2.42. The van der Waals surface area contributed by atoms with E-state index in [0.717, 1.165) is 0 Å². The van der Waals surface area contributed by atoms with Gasteiger partial charge in [-0.15, -0.1) is 0 Å². The Morgan fingerprint density at radius 2 is 1.88 bits per heavy atom. The number of rotatable bonds is 14. The Balaban J connectivity index is 2.13. The normalized spacial score (nSPS) is 17.2. The number of sulfonamides is 1. The van der Waals surface area contributed by atoms with Gasteiger partial charge in [-0.2, -0.15) is 9.82 Å². The van der Waals surface area contributed by atoms with Gasteiger partial charge in [-0.3, -0.25) is 19.4 Å². The fourth-order valence-electron chi connectivity index (χ4n) is 3.96. The predicted molar refractivity (Wildman–Crippen MR) is 160 cm³/mol. The summed E-state index contributed by atoms with van der Waals surface area (Å²) in [5, 5.41) is 12.8. The third-order valence-corrected chi connectivity index (χ3v) is 7.67. The van der Waals surface area contributed by atoms with Gasteiger partial charge in [-0.1, -0.05) is 18.2 Å². The zero-order valence-electron chi connectivity index (χ0n) is 25.1. The largest absolute Gasteiger partial charge is 0.374 e. The minimum absolute atomic E-state index is 0.0132. The topological polar surface area (TPSA) is 183 Å². The molecule has 0 spiro atoms. The summed E-state index contributed by atoms with van der Waals surface area (Å²) in [6, 6.07) is 5.16. The third-order valence-electron chi connectivity index (χ3n) is 6.19. The lowest BCUT2D eigenvalue weighted by Crippen LogP contribution is -2.64. The second kappa shape index (κ2) is 16.2. The van der Waals surface area contributed by atoms with Gasteiger partial charge in [0.05, 0.1) is 23.1 Å². The Morgan fingerprint density at radius 1 is 1.19 bits per heavy atom. The first-order valence-electron chi connectivity index (χ1n) is 13.8. The average molecular weight is 609 g/mol. The fraction of sp³-hybridized carbons (Fsp3) is 0.593. The van der Waals surface area contributed by atoms with Crippen LogP contribution in [0.25, 0.3) is 0 Å². The molecule has 3 atom stereocenters. The molecule has 1 fully saturated rings. The van der Waals surface area contributed by atoms with Gasteiger partial charge in [0.25, 0.3) is 0 Å². The number of carbonyl (C=O) groups is 3. The number of ether oxygens (including phenoxy) is 1. The third kappa shape index (κ3) is 11.4. The van der Waals surface area contributed by atoms with Gasteiger partial charge in [0.1, 0.15) is 12.1 Å². The second-order valence-corrected chi connectivity index (χ2v) is 12.4. The van der Waals surface area contributed by atoms with E-state index >= 15 is 0 Å². The van der Waals surface area contributed by atoms with Crippen molar-refractivity contribution in [1.82, 2.24) is 31.0 Å². The van der Waals surface area contributed by atoms with Crippen LogP contribution in [0.4, 0.5) is 0 Å². The van der Waals surface area contributed by atoms with E-state index in [4.69, 9.17) is 4.74 Å². The monoisotopic (exact) mass is 608 g/mol. The molecule has 1 aliphatic rings. The zero-order chi connectivity index (χ0) is 31.3. The molecule has 1 heterocycles. The van der Waals surface area contributed by atoms with Crippen LogP contribution in [-0.2, 0) is 29.1 Å². The molecule has 1 aromatic rings. The number of amides is 3. The van der Waals surface area contributed by atoms with Crippen molar-refractivity contribution in [3.8, 4) is 0 Å². The van der Waals surface area contributed by atoms with Crippen molar-refractivity contribution < 1.29 is 27.5 Å². The van der Waals surface area contributed by atoms with Crippen LogP contribution in [0.15, 0.2) is 45.3 Å². The first kappa shape index (κ1) is 34.6. The molecule has 0 aromatic heterocycles. The molecule has 0 aliphatic carbocycles. The summed E-state index contributed by atoms with van der Waals surface area (Å²) in [7, 11) is -0.636. The highest BCUT2D eigenvalue weighted by atomic mass is 32.2. The van der Waals surface area contributed by atoms with Gasteiger partial charge in [0.2, 0.25) is 27.7 Å². The molecular weight excluding hydrogens is 564 g/mol. The van der Waals surface area contributed by atoms with Gasteiger partial charge in [0, 0.05) is 40.3 Å². The number of likely N-dealkylation sites (tertiary alicyclic amines) is 1. The van der Waals surface area contributed by atoms with Crippen molar-refractivity contribution in [3.05, 3.63) is 30.3 Å². The van der Waals surface area contributed by atoms with Crippen molar-refractivity contribution in [2.24, 2.45) is 10.1 Å². The number of hydrogen-bond acceptors (Lipinski definition) is 8. The van der Waals surface area contributed by atoms with Crippen LogP contribution >= 0.6 is 0 Å². The van der Waals surface area contributed by atoms with Crippen LogP contribution in [0.3, 0.4) is 0 Å². The lowest BCUT2D eigenvalue weighted by molar-refractivity contribution is -0.150. The average Bonchev–Trinajstić information content (AvgIpc) is 2.90. The van der Waals surface area contributed by atoms with E-state index in [0.29, 0.717) is 31.8 Å². The first-order valence-corrected chi connectivity index (χ1v) is 15.3. The quantitative estimate of drug-likeness (QED) is 0.0842. The van der Waals surface area contributed by atoms with Crippen molar-refractivity contribution in [1.29, 1.82) is 0 Å². The fourth-order valence-corrected chi connectivity index (χ4v) is 5.15. The number of hydrazone groups is 1. The summed E-state index contributed by atoms with van der Waals surface area (Å²) in [5.74, 6) is -0.697. The number of guanidine groups is 1. The predicted octanol–water partition coefficient (Wildman–Crippen LogP) is -0.0688. The zero-order valence-corrected chi connectivity index (χ0v) is 26.0. The number of benzene rings is 1. The van der Waals surface area contributed by atoms with Gasteiger partial charge in [-0.25, -0.2) is 13.8 Å². The van der Waals surface area contributed by atoms with Crippen LogP contribution in [0.1, 0.15) is 47.0 Å². The highest BCUT2D eigenvalue weighted by molar-refractivity contribution is 7.89. The maximum atomic E-state index is 13.6. The number of nitrogens with zero attached hydrogens (tertiary/aromatic N) is 3. The maximum Gasteiger partial charge on any atom is 0.243 e. The summed E-state index contributed by atoms with van der Waals surface area (Å²) in [4.78, 5) is 43.5. The SMILES string of the molecule is CN=C(NC)NCCC[C@@H](/C=N/NC(C)=O)NC(=O)[C@@H]1CCN1C(=O)[C@@H](COC(C)(C)C)NS(=O)(=O)c1ccccc1. The van der Waals surface area contributed by atoms with Gasteiger partial charge in [0.15, 0.2) is 5.96 Å². The van der Waals surface area contributed by atoms with Gasteiger partial charge in [-0.05, 0) is 52.2 Å². The smallest absolute Gasteiger partial charge is 0.243 e. The van der Waals surface area contributed by atoms with E-state index in [1.54, 1.807) is 53.1 Å². The lowest BCUT2D eigenvalue weighted by atomic mass is 9.99. The molecule has 42 heavy (non-hydrogen) atoms. The molecule has 0 saturated carbocycles. The van der Waals surface area contributed by atoms with Crippen molar-refractivity contribution in [3.63, 3.8) is 0 Å². The van der Waals surface area contributed by atoms with Gasteiger partial charge >= 0.3 is 0 Å². The Kier molecular flexibility index (Phi) is 13.3. The van der Waals surface area contributed by atoms with E-state index in [2.05, 4.69) is 36.2 Å². The van der Waals surface area contributed by atoms with E-state index < -0.39 is 45.6 Å². The van der Waals surface area contributed by atoms with E-state index in [1.807, 2.05) is 0 Å². The van der Waals surface area contributed by atoms with E-state index in [1.165, 1.54) is 30.2 Å². The highest BCUT2D eigenvalue weighted by Crippen LogP contribution is 2.21. The number of aliphatic imine (C=N–C) groups is 1. The molecule has 1 aromatic carbocycles. The van der Waals surface area contributed by atoms with Crippen LogP contribution in [-0.4, -0.2) is 101 Å². The molecule has 2 rings (SSSR count). The van der Waals surface area contributed by atoms with Crippen molar-refractivity contribution in [2.45, 2.75) is 75.6 Å². The summed E-state index contributed by atoms with van der Waals surface area (Å²) in [6.45, 7) is 7.36. The molecule has 234 valence electrons. The number of hydrogen-bond donors (Lipinski definition) is 5. The van der Waals surface area contributed by atoms with Gasteiger partial charge < -0.3 is 25.6 Å². The molecule has 0 radical (unpaired) electrons. The van der Waals surface area contributed by atoms with Crippen LogP contribution in [0.2, 0.25) is 0 Å². The lowest BCUT2D eigenvalue weighted by Gasteiger charge is -2.42. The molecule has 14 nitrogen and oxygen atoms in total. The molecule has 0 unspecified atom stereocenters. The van der Waals surface area contributed by atoms with Crippen LogP contribution < -0.4 is 26.1 Å². The summed E-state index contributed by atoms with van der Waals surface area (Å²) < 4.78 is 34.3. The summed E-state index contributed by atoms with van der Waals surface area (Å²) in [5.41, 5.74) is 1.70. The van der Waals surface area contributed by atoms with Crippen LogP contribution in [0, 0.1) is 0 Å². The van der Waals surface area contributed by atoms with Crippen molar-refractivity contribution >= 4 is 39.9 Å². The molecule has 1 aliphatic heterocycles. The standard InChI is InChI=1S/C27H44N8O6S/c1-19(36)33-31-17-20(11-10-15-30-26(28-5)29-6)32-24(37)23-14-16-35(23)25(38)22(18-41-27(2,3)4)34-42(39,40)21-12-8-7-9-13-21/h7-9,12-13,17,20,22-23,34H,10-11,14-16,18H2,1-6H3,(H,32,37)(H,33,36)(H2,28,29,30)/b31-17+/t20-,22+,23-/m0/s1. The molecule has 3 amide bonds. The molecule has 5 N–H and O–H groups in total. The Labute approximate surface area is 248 Å². The minimum atomic E-state index is -4.04. The number of nitrogens with one attached hydrogen (secondary N) is 5. The number of carbonyl (C=O) groups excluding carboxylic acids is 3. The minimum Gasteiger partial charge on any atom is -0.374 e. The van der Waals surface area contributed by atoms with E-state index in [-0.39, 0.29) is 24.0 Å². The Hall–Kier alpha value is -3.56. The molecular formula is C27H44N8O6S. The Morgan fingerprint density at radius 3 is 2.43 bits per heavy atom. The second-order valence-electron chi connectivity index (χ2n) is 10.7. The maximum absolute atomic E-state index is 13.6. The van der Waals surface area contributed by atoms with Crippen molar-refractivity contribution in [2.75, 3.05) is 33.8 Å². The molecule has 1 saturated heterocycles. The van der Waals surface area contributed by atoms with E-state index in [9.17, 15) is 22.8 Å². The van der Waals surface area contributed by atoms with Crippen LogP contribution in [0.5, 0.6) is 0 Å². The summed E-state index contributed by atoms with van der Waals surface area (Å²) >= 11 is 0. The summed E-state index contributed by atoms with van der Waals surface area (Å²) in [6.07, 6.45) is 2.97. The first-order chi connectivity index (χ1) is 19.8. The molecule has 15 heteroatoms. The molecule has 0 bridgehead atoms.